The maximum atomic E-state index is 5.60. The number of nitrogens with one attached hydrogen (secondary N) is 1. The van der Waals surface area contributed by atoms with E-state index in [9.17, 15) is 0 Å². The third kappa shape index (κ3) is 2.60. The molecule has 4 nitrogen and oxygen atoms in total. The molecule has 0 bridgehead atoms. The zero-order valence-corrected chi connectivity index (χ0v) is 10.3. The number of anilines is 1. The van der Waals surface area contributed by atoms with Crippen LogP contribution in [0.4, 0.5) is 5.69 Å². The topological polar surface area (TPSA) is 50.5 Å². The number of nitrogens with two attached hydrogens (primary N) is 1. The Morgan fingerprint density at radius 2 is 2.00 bits per heavy atom. The van der Waals surface area contributed by atoms with Gasteiger partial charge in [-0.15, -0.1) is 0 Å². The minimum Gasteiger partial charge on any atom is -0.496 e. The highest BCUT2D eigenvalue weighted by atomic mass is 16.5. The van der Waals surface area contributed by atoms with Crippen LogP contribution in [0.15, 0.2) is 36.1 Å². The van der Waals surface area contributed by atoms with Gasteiger partial charge in [0.25, 0.3) is 0 Å². The van der Waals surface area contributed by atoms with Crippen LogP contribution in [-0.4, -0.2) is 20.7 Å². The van der Waals surface area contributed by atoms with E-state index >= 15 is 0 Å². The standard InChI is InChI=1S/C13H19N3O/c1-16(2)11-7-5-10(6-8-11)13(15-14)12-4-3-9-17-12/h4-8,13,15H,3,9,14H2,1-2H3. The van der Waals surface area contributed by atoms with Crippen molar-refractivity contribution in [3.63, 3.8) is 0 Å². The van der Waals surface area contributed by atoms with Gasteiger partial charge >= 0.3 is 0 Å². The lowest BCUT2D eigenvalue weighted by Gasteiger charge is -2.19. The van der Waals surface area contributed by atoms with Crippen LogP contribution in [0.1, 0.15) is 18.0 Å². The normalized spacial score (nSPS) is 16.3. The van der Waals surface area contributed by atoms with E-state index in [1.807, 2.05) is 14.1 Å². The lowest BCUT2D eigenvalue weighted by atomic mass is 10.0. The number of hydrogen-bond acceptors (Lipinski definition) is 4. The van der Waals surface area contributed by atoms with E-state index in [0.717, 1.165) is 24.4 Å². The first-order valence-electron chi connectivity index (χ1n) is 5.78. The van der Waals surface area contributed by atoms with Gasteiger partial charge in [-0.1, -0.05) is 12.1 Å². The zero-order chi connectivity index (χ0) is 12.3. The van der Waals surface area contributed by atoms with Crippen LogP contribution >= 0.6 is 0 Å². The summed E-state index contributed by atoms with van der Waals surface area (Å²) in [4.78, 5) is 2.07. The summed E-state index contributed by atoms with van der Waals surface area (Å²) in [7, 11) is 4.05. The highest BCUT2D eigenvalue weighted by molar-refractivity contribution is 5.47. The molecule has 17 heavy (non-hydrogen) atoms. The second-order valence-electron chi connectivity index (χ2n) is 4.33. The summed E-state index contributed by atoms with van der Waals surface area (Å²) in [5.74, 6) is 6.52. The van der Waals surface area contributed by atoms with Crippen LogP contribution < -0.4 is 16.2 Å². The van der Waals surface area contributed by atoms with Gasteiger partial charge in [-0.3, -0.25) is 5.84 Å². The minimum absolute atomic E-state index is 0.0475. The van der Waals surface area contributed by atoms with Crippen molar-refractivity contribution in [1.82, 2.24) is 5.43 Å². The Bertz CT molecular complexity index is 398. The Hall–Kier alpha value is -1.52. The molecule has 1 atom stereocenters. The van der Waals surface area contributed by atoms with E-state index < -0.39 is 0 Å². The van der Waals surface area contributed by atoms with Gasteiger partial charge in [0.1, 0.15) is 11.8 Å². The fraction of sp³-hybridized carbons (Fsp3) is 0.385. The zero-order valence-electron chi connectivity index (χ0n) is 10.3. The van der Waals surface area contributed by atoms with Gasteiger partial charge in [-0.05, 0) is 23.8 Å². The SMILES string of the molecule is CN(C)c1ccc(C(NN)C2=CCCO2)cc1. The van der Waals surface area contributed by atoms with Gasteiger partial charge in [-0.25, -0.2) is 5.43 Å². The molecule has 3 N–H and O–H groups in total. The maximum absolute atomic E-state index is 5.60. The highest BCUT2D eigenvalue weighted by Gasteiger charge is 2.19. The fourth-order valence-electron chi connectivity index (χ4n) is 1.95. The van der Waals surface area contributed by atoms with Crippen molar-refractivity contribution in [3.8, 4) is 0 Å². The number of nitrogens with zero attached hydrogens (tertiary/aromatic N) is 1. The fourth-order valence-corrected chi connectivity index (χ4v) is 1.95. The van der Waals surface area contributed by atoms with Crippen LogP contribution in [0.2, 0.25) is 0 Å². The van der Waals surface area contributed by atoms with Crippen molar-refractivity contribution in [3.05, 3.63) is 41.7 Å². The average molecular weight is 233 g/mol. The molecule has 1 heterocycles. The molecule has 1 aliphatic rings. The first-order chi connectivity index (χ1) is 8.22. The van der Waals surface area contributed by atoms with Crippen molar-refractivity contribution in [2.75, 3.05) is 25.6 Å². The number of hydrazine groups is 1. The summed E-state index contributed by atoms with van der Waals surface area (Å²) in [5, 5.41) is 0. The highest BCUT2D eigenvalue weighted by Crippen LogP contribution is 2.26. The van der Waals surface area contributed by atoms with Gasteiger partial charge < -0.3 is 9.64 Å². The molecular weight excluding hydrogens is 214 g/mol. The van der Waals surface area contributed by atoms with Crippen LogP contribution in [0.25, 0.3) is 0 Å². The molecule has 0 fully saturated rings. The summed E-state index contributed by atoms with van der Waals surface area (Å²) >= 11 is 0. The number of rotatable bonds is 4. The third-order valence-corrected chi connectivity index (χ3v) is 2.93. The molecule has 1 aromatic carbocycles. The van der Waals surface area contributed by atoms with Gasteiger partial charge in [-0.2, -0.15) is 0 Å². The van der Waals surface area contributed by atoms with Crippen LogP contribution in [0.5, 0.6) is 0 Å². The molecular formula is C13H19N3O. The number of ether oxygens (including phenoxy) is 1. The number of benzene rings is 1. The predicted molar refractivity (Wildman–Crippen MR) is 69.5 cm³/mol. The lowest BCUT2D eigenvalue weighted by molar-refractivity contribution is 0.215. The Labute approximate surface area is 102 Å². The molecule has 0 aliphatic carbocycles. The third-order valence-electron chi connectivity index (χ3n) is 2.93. The van der Waals surface area contributed by atoms with Gasteiger partial charge in [0.05, 0.1) is 6.61 Å². The number of hydrogen-bond donors (Lipinski definition) is 2. The molecule has 1 aromatic rings. The van der Waals surface area contributed by atoms with Gasteiger partial charge in [0.15, 0.2) is 0 Å². The van der Waals surface area contributed by atoms with E-state index in [-0.39, 0.29) is 6.04 Å². The molecule has 0 radical (unpaired) electrons. The molecule has 0 saturated carbocycles. The summed E-state index contributed by atoms with van der Waals surface area (Å²) in [5.41, 5.74) is 5.09. The maximum Gasteiger partial charge on any atom is 0.115 e. The van der Waals surface area contributed by atoms with Crippen molar-refractivity contribution in [2.45, 2.75) is 12.5 Å². The van der Waals surface area contributed by atoms with Crippen LogP contribution in [-0.2, 0) is 4.74 Å². The van der Waals surface area contributed by atoms with E-state index in [1.165, 1.54) is 5.69 Å². The molecule has 2 rings (SSSR count). The Morgan fingerprint density at radius 3 is 2.47 bits per heavy atom. The quantitative estimate of drug-likeness (QED) is 0.612. The molecule has 0 amide bonds. The monoisotopic (exact) mass is 233 g/mol. The van der Waals surface area contributed by atoms with Gasteiger partial charge in [0, 0.05) is 26.2 Å². The van der Waals surface area contributed by atoms with Gasteiger partial charge in [0.2, 0.25) is 0 Å². The molecule has 1 unspecified atom stereocenters. The summed E-state index contributed by atoms with van der Waals surface area (Å²) in [6.45, 7) is 0.753. The van der Waals surface area contributed by atoms with E-state index in [4.69, 9.17) is 10.6 Å². The van der Waals surface area contributed by atoms with Crippen molar-refractivity contribution in [2.24, 2.45) is 5.84 Å². The largest absolute Gasteiger partial charge is 0.496 e. The van der Waals surface area contributed by atoms with Crippen LogP contribution in [0, 0.1) is 0 Å². The Morgan fingerprint density at radius 1 is 1.29 bits per heavy atom. The first-order valence-corrected chi connectivity index (χ1v) is 5.78. The smallest absolute Gasteiger partial charge is 0.115 e. The minimum atomic E-state index is -0.0475. The molecule has 0 aromatic heterocycles. The Kier molecular flexibility index (Phi) is 3.66. The molecule has 4 heteroatoms. The second kappa shape index (κ2) is 5.21. The average Bonchev–Trinajstić information content (AvgIpc) is 2.84. The van der Waals surface area contributed by atoms with Crippen LogP contribution in [0.3, 0.4) is 0 Å². The molecule has 0 spiro atoms. The summed E-state index contributed by atoms with van der Waals surface area (Å²) in [6.07, 6.45) is 3.05. The van der Waals surface area contributed by atoms with E-state index in [0.29, 0.717) is 0 Å². The second-order valence-corrected chi connectivity index (χ2v) is 4.33. The molecule has 1 aliphatic heterocycles. The Balaban J connectivity index is 2.19. The summed E-state index contributed by atoms with van der Waals surface area (Å²) in [6, 6.07) is 8.25. The first kappa shape index (κ1) is 12.0. The van der Waals surface area contributed by atoms with Crippen molar-refractivity contribution >= 4 is 5.69 Å². The van der Waals surface area contributed by atoms with E-state index in [1.54, 1.807) is 0 Å². The summed E-state index contributed by atoms with van der Waals surface area (Å²) < 4.78 is 5.55. The predicted octanol–water partition coefficient (Wildman–Crippen LogP) is 1.56. The molecule has 92 valence electrons. The molecule has 0 saturated heterocycles. The van der Waals surface area contributed by atoms with Crippen molar-refractivity contribution in [1.29, 1.82) is 0 Å². The van der Waals surface area contributed by atoms with Crippen molar-refractivity contribution < 1.29 is 4.74 Å². The van der Waals surface area contributed by atoms with E-state index in [2.05, 4.69) is 40.7 Å². The lowest BCUT2D eigenvalue weighted by Crippen LogP contribution is -2.29.